The molecular weight excluding hydrogens is 188 g/mol. The Bertz CT molecular complexity index is 337. The first-order valence-corrected chi connectivity index (χ1v) is 5.92. The molecule has 0 radical (unpaired) electrons. The molecule has 2 rings (SSSR count). The van der Waals surface area contributed by atoms with Crippen molar-refractivity contribution in [2.24, 2.45) is 0 Å². The molecule has 0 unspecified atom stereocenters. The highest BCUT2D eigenvalue weighted by Gasteiger charge is 2.34. The number of nitrogen functional groups attached to an aromatic ring is 1. The van der Waals surface area contributed by atoms with Gasteiger partial charge >= 0.3 is 0 Å². The van der Waals surface area contributed by atoms with E-state index in [1.54, 1.807) is 0 Å². The molecule has 84 valence electrons. The fourth-order valence-corrected chi connectivity index (χ4v) is 2.71. The van der Waals surface area contributed by atoms with Crippen LogP contribution in [0.15, 0.2) is 4.52 Å². The van der Waals surface area contributed by atoms with Crippen LogP contribution in [-0.4, -0.2) is 5.16 Å². The van der Waals surface area contributed by atoms with Crippen LogP contribution < -0.4 is 5.73 Å². The largest absolute Gasteiger partial charge is 0.367 e. The average molecular weight is 208 g/mol. The maximum absolute atomic E-state index is 5.79. The lowest BCUT2D eigenvalue weighted by Crippen LogP contribution is -2.26. The van der Waals surface area contributed by atoms with Gasteiger partial charge < -0.3 is 10.3 Å². The van der Waals surface area contributed by atoms with Gasteiger partial charge in [0.1, 0.15) is 0 Å². The second kappa shape index (κ2) is 3.87. The minimum atomic E-state index is 0.199. The number of nitrogens with two attached hydrogens (primary N) is 1. The summed E-state index contributed by atoms with van der Waals surface area (Å²) in [4.78, 5) is 0. The van der Waals surface area contributed by atoms with Crippen LogP contribution in [0, 0.1) is 0 Å². The van der Waals surface area contributed by atoms with Gasteiger partial charge in [0, 0.05) is 11.0 Å². The van der Waals surface area contributed by atoms with Gasteiger partial charge in [0.15, 0.2) is 0 Å². The highest BCUT2D eigenvalue weighted by molar-refractivity contribution is 5.42. The number of rotatable bonds is 2. The lowest BCUT2D eigenvalue weighted by Gasteiger charge is -2.32. The quantitative estimate of drug-likeness (QED) is 0.812. The minimum absolute atomic E-state index is 0.199. The Morgan fingerprint density at radius 2 is 2.00 bits per heavy atom. The number of hydrogen-bond acceptors (Lipinski definition) is 3. The van der Waals surface area contributed by atoms with E-state index >= 15 is 0 Å². The maximum Gasteiger partial charge on any atom is 0.225 e. The van der Waals surface area contributed by atoms with Crippen LogP contribution in [0.1, 0.15) is 57.2 Å². The first-order valence-electron chi connectivity index (χ1n) is 5.92. The summed E-state index contributed by atoms with van der Waals surface area (Å²) in [6, 6.07) is 0. The summed E-state index contributed by atoms with van der Waals surface area (Å²) < 4.78 is 5.13. The summed E-state index contributed by atoms with van der Waals surface area (Å²) in [5.41, 5.74) is 8.22. The van der Waals surface area contributed by atoms with Crippen molar-refractivity contribution in [1.29, 1.82) is 0 Å². The topological polar surface area (TPSA) is 52.0 Å². The Hall–Kier alpha value is -0.990. The molecule has 15 heavy (non-hydrogen) atoms. The zero-order valence-electron chi connectivity index (χ0n) is 9.68. The van der Waals surface area contributed by atoms with Crippen LogP contribution in [0.3, 0.4) is 0 Å². The summed E-state index contributed by atoms with van der Waals surface area (Å²) in [6.45, 7) is 4.40. The number of nitrogens with zero attached hydrogens (tertiary/aromatic N) is 1. The van der Waals surface area contributed by atoms with E-state index in [-0.39, 0.29) is 5.41 Å². The molecule has 3 nitrogen and oxygen atoms in total. The van der Waals surface area contributed by atoms with Crippen LogP contribution in [0.25, 0.3) is 0 Å². The van der Waals surface area contributed by atoms with Crippen molar-refractivity contribution in [1.82, 2.24) is 5.16 Å². The lowest BCUT2D eigenvalue weighted by atomic mass is 9.72. The third-order valence-corrected chi connectivity index (χ3v) is 3.70. The first kappa shape index (κ1) is 10.5. The van der Waals surface area contributed by atoms with Crippen molar-refractivity contribution >= 4 is 5.88 Å². The molecule has 1 aromatic rings. The van der Waals surface area contributed by atoms with E-state index in [4.69, 9.17) is 10.3 Å². The highest BCUT2D eigenvalue weighted by atomic mass is 16.5. The lowest BCUT2D eigenvalue weighted by molar-refractivity contribution is 0.294. The summed E-state index contributed by atoms with van der Waals surface area (Å²) in [5, 5.41) is 4.18. The van der Waals surface area contributed by atoms with Gasteiger partial charge in [0.25, 0.3) is 0 Å². The van der Waals surface area contributed by atoms with Gasteiger partial charge in [-0.2, -0.15) is 0 Å². The molecule has 0 aliphatic heterocycles. The van der Waals surface area contributed by atoms with Crippen LogP contribution in [-0.2, 0) is 11.8 Å². The van der Waals surface area contributed by atoms with Gasteiger partial charge in [0.05, 0.1) is 5.69 Å². The molecule has 0 amide bonds. The van der Waals surface area contributed by atoms with Crippen molar-refractivity contribution in [3.05, 3.63) is 11.3 Å². The second-order valence-electron chi connectivity index (χ2n) is 4.85. The monoisotopic (exact) mass is 208 g/mol. The second-order valence-corrected chi connectivity index (χ2v) is 4.85. The van der Waals surface area contributed by atoms with E-state index < -0.39 is 0 Å². The molecule has 3 heteroatoms. The normalized spacial score (nSPS) is 20.4. The van der Waals surface area contributed by atoms with E-state index in [9.17, 15) is 0 Å². The predicted octanol–water partition coefficient (Wildman–Crippen LogP) is 3.04. The predicted molar refractivity (Wildman–Crippen MR) is 60.7 cm³/mol. The Kier molecular flexibility index (Phi) is 2.72. The summed E-state index contributed by atoms with van der Waals surface area (Å²) in [6.07, 6.45) is 7.29. The van der Waals surface area contributed by atoms with E-state index in [2.05, 4.69) is 19.0 Å². The van der Waals surface area contributed by atoms with Crippen molar-refractivity contribution < 1.29 is 4.52 Å². The average Bonchev–Trinajstić information content (AvgIpc) is 2.61. The van der Waals surface area contributed by atoms with Crippen LogP contribution in [0.5, 0.6) is 0 Å². The number of hydrogen-bond donors (Lipinski definition) is 1. The van der Waals surface area contributed by atoms with E-state index in [1.165, 1.54) is 32.1 Å². The third kappa shape index (κ3) is 1.75. The molecule has 0 bridgehead atoms. The maximum atomic E-state index is 5.79. The van der Waals surface area contributed by atoms with Gasteiger partial charge in [-0.05, 0) is 19.3 Å². The third-order valence-electron chi connectivity index (χ3n) is 3.70. The number of aromatic nitrogens is 1. The molecule has 0 atom stereocenters. The van der Waals surface area contributed by atoms with Crippen molar-refractivity contribution in [2.75, 3.05) is 5.73 Å². The number of anilines is 1. The molecule has 1 saturated carbocycles. The fraction of sp³-hybridized carbons (Fsp3) is 0.750. The Morgan fingerprint density at radius 1 is 1.33 bits per heavy atom. The van der Waals surface area contributed by atoms with E-state index in [1.807, 2.05) is 0 Å². The molecular formula is C12H20N2O. The molecule has 0 aromatic carbocycles. The fourth-order valence-electron chi connectivity index (χ4n) is 2.71. The van der Waals surface area contributed by atoms with Crippen molar-refractivity contribution in [3.8, 4) is 0 Å². The minimum Gasteiger partial charge on any atom is -0.367 e. The van der Waals surface area contributed by atoms with Crippen molar-refractivity contribution in [3.63, 3.8) is 0 Å². The van der Waals surface area contributed by atoms with E-state index in [0.29, 0.717) is 5.88 Å². The standard InChI is InChI=1S/C12H20N2O/c1-3-9-10(14-15-11(9)13)12(2)7-5-4-6-8-12/h3-8,13H2,1-2H3. The van der Waals surface area contributed by atoms with Gasteiger partial charge in [-0.25, -0.2) is 0 Å². The Labute approximate surface area is 91.0 Å². The van der Waals surface area contributed by atoms with Gasteiger partial charge in [-0.1, -0.05) is 38.3 Å². The molecule has 1 aromatic heterocycles. The molecule has 0 spiro atoms. The molecule has 1 aliphatic rings. The van der Waals surface area contributed by atoms with Gasteiger partial charge in [-0.3, -0.25) is 0 Å². The Balaban J connectivity index is 2.34. The molecule has 1 heterocycles. The summed E-state index contributed by atoms with van der Waals surface area (Å²) >= 11 is 0. The van der Waals surface area contributed by atoms with Gasteiger partial charge in [0.2, 0.25) is 5.88 Å². The van der Waals surface area contributed by atoms with Crippen LogP contribution >= 0.6 is 0 Å². The highest BCUT2D eigenvalue weighted by Crippen LogP contribution is 2.41. The van der Waals surface area contributed by atoms with E-state index in [0.717, 1.165) is 17.7 Å². The van der Waals surface area contributed by atoms with Gasteiger partial charge in [-0.15, -0.1) is 0 Å². The molecule has 1 fully saturated rings. The zero-order chi connectivity index (χ0) is 10.9. The van der Waals surface area contributed by atoms with Crippen LogP contribution in [0.4, 0.5) is 5.88 Å². The summed E-state index contributed by atoms with van der Waals surface area (Å²) in [7, 11) is 0. The Morgan fingerprint density at radius 3 is 2.60 bits per heavy atom. The van der Waals surface area contributed by atoms with Crippen molar-refractivity contribution in [2.45, 2.75) is 57.8 Å². The zero-order valence-corrected chi connectivity index (χ0v) is 9.68. The summed E-state index contributed by atoms with van der Waals surface area (Å²) in [5.74, 6) is 0.513. The molecule has 0 saturated heterocycles. The molecule has 1 aliphatic carbocycles. The van der Waals surface area contributed by atoms with Crippen LogP contribution in [0.2, 0.25) is 0 Å². The first-order chi connectivity index (χ1) is 7.17. The molecule has 2 N–H and O–H groups in total. The smallest absolute Gasteiger partial charge is 0.225 e. The SMILES string of the molecule is CCc1c(C2(C)CCCCC2)noc1N.